The molecule has 0 bridgehead atoms. The Kier molecular flexibility index (Phi) is 2.08. The minimum Gasteiger partial charge on any atom is -0.394 e. The largest absolute Gasteiger partial charge is 0.394 e. The summed E-state index contributed by atoms with van der Waals surface area (Å²) in [6.07, 6.45) is 2.80. The molecule has 80 valence electrons. The maximum atomic E-state index is 9.46. The van der Waals surface area contributed by atoms with Crippen molar-refractivity contribution < 1.29 is 5.11 Å². The van der Waals surface area contributed by atoms with Crippen molar-refractivity contribution in [2.24, 2.45) is 5.41 Å². The Morgan fingerprint density at radius 3 is 2.40 bits per heavy atom. The van der Waals surface area contributed by atoms with Crippen LogP contribution in [0, 0.1) is 5.41 Å². The molecule has 2 aliphatic rings. The Labute approximate surface area is 90.5 Å². The molecule has 1 saturated carbocycles. The van der Waals surface area contributed by atoms with Gasteiger partial charge < -0.3 is 5.11 Å². The van der Waals surface area contributed by atoms with Gasteiger partial charge in [-0.15, -0.1) is 0 Å². The SMILES string of the molecule is OC[C@H](c1ccccc1)N1CC2(CC2)C1. The van der Waals surface area contributed by atoms with Crippen LogP contribution in [-0.4, -0.2) is 29.7 Å². The fraction of sp³-hybridized carbons (Fsp3) is 0.538. The molecule has 3 rings (SSSR count). The Morgan fingerprint density at radius 1 is 1.20 bits per heavy atom. The van der Waals surface area contributed by atoms with Crippen LogP contribution in [0.2, 0.25) is 0 Å². The van der Waals surface area contributed by atoms with Crippen molar-refractivity contribution in [2.75, 3.05) is 19.7 Å². The lowest BCUT2D eigenvalue weighted by Gasteiger charge is -2.44. The second-order valence-electron chi connectivity index (χ2n) is 5.01. The van der Waals surface area contributed by atoms with Crippen LogP contribution in [0.15, 0.2) is 30.3 Å². The summed E-state index contributed by atoms with van der Waals surface area (Å²) in [6.45, 7) is 2.61. The zero-order chi connectivity index (χ0) is 10.3. The summed E-state index contributed by atoms with van der Waals surface area (Å²) in [5.41, 5.74) is 1.91. The predicted octanol–water partition coefficient (Wildman–Crippen LogP) is 1.82. The van der Waals surface area contributed by atoms with Crippen molar-refractivity contribution in [3.8, 4) is 0 Å². The fourth-order valence-corrected chi connectivity index (χ4v) is 2.64. The molecule has 0 unspecified atom stereocenters. The maximum Gasteiger partial charge on any atom is 0.0628 e. The molecule has 2 nitrogen and oxygen atoms in total. The molecule has 1 saturated heterocycles. The second-order valence-corrected chi connectivity index (χ2v) is 5.01. The van der Waals surface area contributed by atoms with E-state index in [-0.39, 0.29) is 12.6 Å². The number of aliphatic hydroxyl groups excluding tert-OH is 1. The van der Waals surface area contributed by atoms with Gasteiger partial charge in [0.05, 0.1) is 12.6 Å². The third-order valence-electron chi connectivity index (χ3n) is 3.83. The Balaban J connectivity index is 1.72. The molecule has 2 fully saturated rings. The van der Waals surface area contributed by atoms with E-state index in [0.717, 1.165) is 0 Å². The van der Waals surface area contributed by atoms with Gasteiger partial charge in [0.15, 0.2) is 0 Å². The lowest BCUT2D eigenvalue weighted by molar-refractivity contribution is 0.00977. The summed E-state index contributed by atoms with van der Waals surface area (Å²) < 4.78 is 0. The summed E-state index contributed by atoms with van der Waals surface area (Å²) in [6, 6.07) is 10.6. The summed E-state index contributed by atoms with van der Waals surface area (Å²) in [4.78, 5) is 2.41. The molecular weight excluding hydrogens is 186 g/mol. The molecule has 1 aromatic rings. The summed E-state index contributed by atoms with van der Waals surface area (Å²) >= 11 is 0. The van der Waals surface area contributed by atoms with Gasteiger partial charge in [-0.25, -0.2) is 0 Å². The highest BCUT2D eigenvalue weighted by molar-refractivity contribution is 5.21. The van der Waals surface area contributed by atoms with Crippen LogP contribution in [0.5, 0.6) is 0 Å². The van der Waals surface area contributed by atoms with E-state index in [1.54, 1.807) is 0 Å². The van der Waals surface area contributed by atoms with E-state index in [1.807, 2.05) is 18.2 Å². The zero-order valence-corrected chi connectivity index (χ0v) is 8.89. The highest BCUT2D eigenvalue weighted by atomic mass is 16.3. The van der Waals surface area contributed by atoms with Crippen molar-refractivity contribution in [1.82, 2.24) is 4.90 Å². The van der Waals surface area contributed by atoms with Crippen LogP contribution in [0.25, 0.3) is 0 Å². The lowest BCUT2D eigenvalue weighted by atomic mass is 9.92. The van der Waals surface area contributed by atoms with Gasteiger partial charge in [-0.1, -0.05) is 30.3 Å². The smallest absolute Gasteiger partial charge is 0.0628 e. The molecule has 15 heavy (non-hydrogen) atoms. The average molecular weight is 203 g/mol. The number of likely N-dealkylation sites (tertiary alicyclic amines) is 1. The summed E-state index contributed by atoms with van der Waals surface area (Å²) in [7, 11) is 0. The molecule has 1 atom stereocenters. The first-order valence-electron chi connectivity index (χ1n) is 5.73. The maximum absolute atomic E-state index is 9.46. The first kappa shape index (κ1) is 9.37. The van der Waals surface area contributed by atoms with E-state index >= 15 is 0 Å². The van der Waals surface area contributed by atoms with Crippen LogP contribution >= 0.6 is 0 Å². The van der Waals surface area contributed by atoms with Gasteiger partial charge in [0.25, 0.3) is 0 Å². The van der Waals surface area contributed by atoms with E-state index in [9.17, 15) is 5.11 Å². The molecule has 1 aliphatic heterocycles. The van der Waals surface area contributed by atoms with Crippen LogP contribution in [0.3, 0.4) is 0 Å². The highest BCUT2D eigenvalue weighted by Gasteiger charge is 2.53. The average Bonchev–Trinajstić information content (AvgIpc) is 3.00. The Morgan fingerprint density at radius 2 is 1.87 bits per heavy atom. The van der Waals surface area contributed by atoms with Gasteiger partial charge in [-0.05, 0) is 23.8 Å². The molecule has 1 aliphatic carbocycles. The van der Waals surface area contributed by atoms with Crippen molar-refractivity contribution in [1.29, 1.82) is 0 Å². The van der Waals surface area contributed by atoms with Gasteiger partial charge in [0, 0.05) is 13.1 Å². The van der Waals surface area contributed by atoms with Crippen molar-refractivity contribution >= 4 is 0 Å². The van der Waals surface area contributed by atoms with E-state index in [1.165, 1.54) is 31.5 Å². The number of aliphatic hydroxyl groups is 1. The first-order chi connectivity index (χ1) is 7.33. The normalized spacial score (nSPS) is 24.9. The zero-order valence-electron chi connectivity index (χ0n) is 8.89. The monoisotopic (exact) mass is 203 g/mol. The van der Waals surface area contributed by atoms with E-state index in [2.05, 4.69) is 17.0 Å². The quantitative estimate of drug-likeness (QED) is 0.810. The molecule has 1 aromatic carbocycles. The van der Waals surface area contributed by atoms with Crippen LogP contribution in [0.1, 0.15) is 24.4 Å². The Bertz CT molecular complexity index is 337. The van der Waals surface area contributed by atoms with Crippen LogP contribution < -0.4 is 0 Å². The highest BCUT2D eigenvalue weighted by Crippen LogP contribution is 2.54. The molecule has 1 heterocycles. The summed E-state index contributed by atoms with van der Waals surface area (Å²) in [5.74, 6) is 0. The van der Waals surface area contributed by atoms with Gasteiger partial charge >= 0.3 is 0 Å². The Hall–Kier alpha value is -0.860. The number of nitrogens with zero attached hydrogens (tertiary/aromatic N) is 1. The third kappa shape index (κ3) is 1.58. The topological polar surface area (TPSA) is 23.5 Å². The van der Waals surface area contributed by atoms with Gasteiger partial charge in [-0.3, -0.25) is 4.90 Å². The third-order valence-corrected chi connectivity index (χ3v) is 3.83. The molecule has 1 N–H and O–H groups in total. The lowest BCUT2D eigenvalue weighted by Crippen LogP contribution is -2.50. The molecule has 0 radical (unpaired) electrons. The van der Waals surface area contributed by atoms with Gasteiger partial charge in [-0.2, -0.15) is 0 Å². The standard InChI is InChI=1S/C13H17NO/c15-8-12(11-4-2-1-3-5-11)14-9-13(10-14)6-7-13/h1-5,12,15H,6-10H2/t12-/m1/s1. The molecular formula is C13H17NO. The first-order valence-corrected chi connectivity index (χ1v) is 5.73. The number of hydrogen-bond donors (Lipinski definition) is 1. The van der Waals surface area contributed by atoms with E-state index in [0.29, 0.717) is 5.41 Å². The number of benzene rings is 1. The van der Waals surface area contributed by atoms with Crippen LogP contribution in [-0.2, 0) is 0 Å². The van der Waals surface area contributed by atoms with Crippen molar-refractivity contribution in [3.05, 3.63) is 35.9 Å². The molecule has 1 spiro atoms. The van der Waals surface area contributed by atoms with Crippen molar-refractivity contribution in [2.45, 2.75) is 18.9 Å². The molecule has 0 amide bonds. The minimum absolute atomic E-state index is 0.220. The fourth-order valence-electron chi connectivity index (χ4n) is 2.64. The number of hydrogen-bond acceptors (Lipinski definition) is 2. The van der Waals surface area contributed by atoms with Gasteiger partial charge in [0.1, 0.15) is 0 Å². The predicted molar refractivity (Wildman–Crippen MR) is 59.5 cm³/mol. The molecule has 2 heteroatoms. The van der Waals surface area contributed by atoms with Crippen molar-refractivity contribution in [3.63, 3.8) is 0 Å². The van der Waals surface area contributed by atoms with E-state index in [4.69, 9.17) is 0 Å². The minimum atomic E-state index is 0.220. The second kappa shape index (κ2) is 3.32. The number of rotatable bonds is 3. The van der Waals surface area contributed by atoms with Crippen LogP contribution in [0.4, 0.5) is 0 Å². The summed E-state index contributed by atoms with van der Waals surface area (Å²) in [5, 5.41) is 9.46. The van der Waals surface area contributed by atoms with E-state index < -0.39 is 0 Å². The van der Waals surface area contributed by atoms with Gasteiger partial charge in [0.2, 0.25) is 0 Å². The molecule has 0 aromatic heterocycles.